The van der Waals surface area contributed by atoms with Crippen molar-refractivity contribution in [1.82, 2.24) is 5.43 Å². The van der Waals surface area contributed by atoms with Gasteiger partial charge in [0, 0.05) is 0 Å². The highest BCUT2D eigenvalue weighted by atomic mass is 16.5. The number of rotatable bonds is 8. The van der Waals surface area contributed by atoms with Crippen LogP contribution in [0, 0.1) is 13.8 Å². The topological polar surface area (TPSA) is 59.9 Å². The van der Waals surface area contributed by atoms with E-state index in [-0.39, 0.29) is 12.5 Å². The van der Waals surface area contributed by atoms with Crippen molar-refractivity contribution in [3.63, 3.8) is 0 Å². The number of benzene rings is 3. The Hall–Kier alpha value is -3.60. The molecule has 3 aromatic carbocycles. The third-order valence-electron chi connectivity index (χ3n) is 4.23. The number of ether oxygens (including phenoxy) is 2. The summed E-state index contributed by atoms with van der Waals surface area (Å²) in [5, 5.41) is 3.97. The lowest BCUT2D eigenvalue weighted by atomic mass is 10.1. The molecule has 0 fully saturated rings. The maximum atomic E-state index is 11.9. The normalized spacial score (nSPS) is 10.7. The molecule has 1 N–H and O–H groups in total. The first kappa shape index (κ1) is 20.1. The first-order valence-corrected chi connectivity index (χ1v) is 9.39. The molecular formula is C24H24N2O3. The van der Waals surface area contributed by atoms with E-state index >= 15 is 0 Å². The Morgan fingerprint density at radius 1 is 0.966 bits per heavy atom. The van der Waals surface area contributed by atoms with Crippen molar-refractivity contribution in [2.45, 2.75) is 20.5 Å². The van der Waals surface area contributed by atoms with Crippen molar-refractivity contribution < 1.29 is 14.3 Å². The zero-order valence-corrected chi connectivity index (χ0v) is 16.6. The van der Waals surface area contributed by atoms with E-state index in [1.54, 1.807) is 6.21 Å². The summed E-state index contributed by atoms with van der Waals surface area (Å²) in [6.07, 6.45) is 1.58. The van der Waals surface area contributed by atoms with Crippen LogP contribution >= 0.6 is 0 Å². The van der Waals surface area contributed by atoms with Crippen LogP contribution < -0.4 is 14.9 Å². The van der Waals surface area contributed by atoms with Gasteiger partial charge in [-0.25, -0.2) is 5.43 Å². The van der Waals surface area contributed by atoms with Gasteiger partial charge < -0.3 is 9.47 Å². The van der Waals surface area contributed by atoms with Crippen LogP contribution in [-0.4, -0.2) is 18.7 Å². The van der Waals surface area contributed by atoms with Gasteiger partial charge in [-0.15, -0.1) is 0 Å². The summed E-state index contributed by atoms with van der Waals surface area (Å²) in [5.74, 6) is 1.16. The van der Waals surface area contributed by atoms with Gasteiger partial charge in [0.05, 0.1) is 6.21 Å². The molecule has 0 saturated heterocycles. The van der Waals surface area contributed by atoms with E-state index < -0.39 is 0 Å². The van der Waals surface area contributed by atoms with Gasteiger partial charge in [-0.3, -0.25) is 4.79 Å². The van der Waals surface area contributed by atoms with Gasteiger partial charge in [-0.1, -0.05) is 42.5 Å². The minimum Gasteiger partial charge on any atom is -0.489 e. The summed E-state index contributed by atoms with van der Waals surface area (Å²) in [6.45, 7) is 4.35. The third-order valence-corrected chi connectivity index (χ3v) is 4.23. The Labute approximate surface area is 171 Å². The number of hydrogen-bond donors (Lipinski definition) is 1. The molecular weight excluding hydrogens is 364 g/mol. The molecule has 3 aromatic rings. The molecule has 5 nitrogen and oxygen atoms in total. The van der Waals surface area contributed by atoms with Crippen LogP contribution in [0.3, 0.4) is 0 Å². The fraction of sp³-hybridized carbons (Fsp3) is 0.167. The lowest BCUT2D eigenvalue weighted by Gasteiger charge is -2.08. The molecule has 0 bridgehead atoms. The van der Waals surface area contributed by atoms with E-state index in [0.29, 0.717) is 12.4 Å². The molecule has 0 atom stereocenters. The van der Waals surface area contributed by atoms with E-state index in [9.17, 15) is 4.79 Å². The highest BCUT2D eigenvalue weighted by molar-refractivity contribution is 5.83. The molecule has 0 heterocycles. The smallest absolute Gasteiger partial charge is 0.277 e. The maximum Gasteiger partial charge on any atom is 0.277 e. The lowest BCUT2D eigenvalue weighted by molar-refractivity contribution is -0.123. The lowest BCUT2D eigenvalue weighted by Crippen LogP contribution is -2.24. The molecule has 0 spiro atoms. The first-order chi connectivity index (χ1) is 14.1. The van der Waals surface area contributed by atoms with Gasteiger partial charge in [-0.05, 0) is 66.4 Å². The summed E-state index contributed by atoms with van der Waals surface area (Å²) in [4.78, 5) is 11.9. The molecule has 0 aliphatic rings. The molecule has 0 saturated carbocycles. The highest BCUT2D eigenvalue weighted by Crippen LogP contribution is 2.18. The Bertz CT molecular complexity index is 967. The SMILES string of the molecule is Cc1ccc(C)c(OCC(=O)N/N=C/c2ccc(OCc3ccccc3)cc2)c1. The summed E-state index contributed by atoms with van der Waals surface area (Å²) >= 11 is 0. The molecule has 0 aromatic heterocycles. The Morgan fingerprint density at radius 2 is 1.72 bits per heavy atom. The third kappa shape index (κ3) is 6.50. The molecule has 29 heavy (non-hydrogen) atoms. The van der Waals surface area contributed by atoms with E-state index in [4.69, 9.17) is 9.47 Å². The van der Waals surface area contributed by atoms with Crippen LogP contribution in [0.25, 0.3) is 0 Å². The Balaban J connectivity index is 1.43. The number of nitrogens with zero attached hydrogens (tertiary/aromatic N) is 1. The van der Waals surface area contributed by atoms with Crippen molar-refractivity contribution in [3.05, 3.63) is 95.1 Å². The van der Waals surface area contributed by atoms with Crippen LogP contribution in [0.5, 0.6) is 11.5 Å². The molecule has 0 unspecified atom stereocenters. The number of aryl methyl sites for hydroxylation is 2. The minimum absolute atomic E-state index is 0.0894. The van der Waals surface area contributed by atoms with Crippen molar-refractivity contribution in [1.29, 1.82) is 0 Å². The minimum atomic E-state index is -0.315. The number of hydrazone groups is 1. The maximum absolute atomic E-state index is 11.9. The van der Waals surface area contributed by atoms with Crippen LogP contribution in [0.4, 0.5) is 0 Å². The summed E-state index contributed by atoms with van der Waals surface area (Å²) in [5.41, 5.74) is 6.51. The fourth-order valence-electron chi connectivity index (χ4n) is 2.61. The van der Waals surface area contributed by atoms with Crippen molar-refractivity contribution in [2.75, 3.05) is 6.61 Å². The number of nitrogens with one attached hydrogen (secondary N) is 1. The van der Waals surface area contributed by atoms with E-state index in [2.05, 4.69) is 10.5 Å². The van der Waals surface area contributed by atoms with E-state index in [0.717, 1.165) is 28.0 Å². The van der Waals surface area contributed by atoms with E-state index in [1.165, 1.54) is 0 Å². The van der Waals surface area contributed by atoms with Gasteiger partial charge in [0.1, 0.15) is 18.1 Å². The molecule has 5 heteroatoms. The van der Waals surface area contributed by atoms with Crippen molar-refractivity contribution in [3.8, 4) is 11.5 Å². The van der Waals surface area contributed by atoms with Crippen molar-refractivity contribution in [2.24, 2.45) is 5.10 Å². The molecule has 0 radical (unpaired) electrons. The molecule has 0 aliphatic carbocycles. The fourth-order valence-corrected chi connectivity index (χ4v) is 2.61. The van der Waals surface area contributed by atoms with Gasteiger partial charge in [0.15, 0.2) is 6.61 Å². The average Bonchev–Trinajstić information content (AvgIpc) is 2.74. The number of carbonyl (C=O) groups excluding carboxylic acids is 1. The van der Waals surface area contributed by atoms with Gasteiger partial charge >= 0.3 is 0 Å². The van der Waals surface area contributed by atoms with Crippen LogP contribution in [-0.2, 0) is 11.4 Å². The second-order valence-electron chi connectivity index (χ2n) is 6.69. The highest BCUT2D eigenvalue weighted by Gasteiger charge is 2.04. The number of hydrogen-bond acceptors (Lipinski definition) is 4. The van der Waals surface area contributed by atoms with Gasteiger partial charge in [0.2, 0.25) is 0 Å². The zero-order valence-electron chi connectivity index (χ0n) is 16.6. The zero-order chi connectivity index (χ0) is 20.5. The summed E-state index contributed by atoms with van der Waals surface area (Å²) in [6, 6.07) is 23.4. The molecule has 1 amide bonds. The van der Waals surface area contributed by atoms with Gasteiger partial charge in [0.25, 0.3) is 5.91 Å². The Kier molecular flexibility index (Phi) is 7.00. The van der Waals surface area contributed by atoms with Crippen LogP contribution in [0.1, 0.15) is 22.3 Å². The molecule has 0 aliphatic heterocycles. The van der Waals surface area contributed by atoms with Crippen LogP contribution in [0.15, 0.2) is 77.9 Å². The Morgan fingerprint density at radius 3 is 2.48 bits per heavy atom. The van der Waals surface area contributed by atoms with Gasteiger partial charge in [-0.2, -0.15) is 5.10 Å². The summed E-state index contributed by atoms with van der Waals surface area (Å²) < 4.78 is 11.3. The monoisotopic (exact) mass is 388 g/mol. The van der Waals surface area contributed by atoms with E-state index in [1.807, 2.05) is 86.6 Å². The van der Waals surface area contributed by atoms with Crippen molar-refractivity contribution >= 4 is 12.1 Å². The molecule has 148 valence electrons. The average molecular weight is 388 g/mol. The predicted molar refractivity (Wildman–Crippen MR) is 114 cm³/mol. The standard InChI is InChI=1S/C24H24N2O3/c1-18-8-9-19(2)23(14-18)29-17-24(27)26-25-15-20-10-12-22(13-11-20)28-16-21-6-4-3-5-7-21/h3-15H,16-17H2,1-2H3,(H,26,27)/b25-15+. The second-order valence-corrected chi connectivity index (χ2v) is 6.69. The van der Waals surface area contributed by atoms with Crippen LogP contribution in [0.2, 0.25) is 0 Å². The summed E-state index contributed by atoms with van der Waals surface area (Å²) in [7, 11) is 0. The number of amides is 1. The largest absolute Gasteiger partial charge is 0.489 e. The quantitative estimate of drug-likeness (QED) is 0.459. The first-order valence-electron chi connectivity index (χ1n) is 9.39. The predicted octanol–water partition coefficient (Wildman–Crippen LogP) is 4.41. The second kappa shape index (κ2) is 10.1. The molecule has 3 rings (SSSR count). The number of carbonyl (C=O) groups is 1.